The summed E-state index contributed by atoms with van der Waals surface area (Å²) < 4.78 is 7.32. The van der Waals surface area contributed by atoms with Crippen LogP contribution in [0.5, 0.6) is 6.01 Å². The third kappa shape index (κ3) is 1.53. The fourth-order valence-corrected chi connectivity index (χ4v) is 1.45. The highest BCUT2D eigenvalue weighted by molar-refractivity contribution is 4.96. The molecule has 1 atom stereocenters. The van der Waals surface area contributed by atoms with Gasteiger partial charge in [-0.25, -0.2) is 4.68 Å². The summed E-state index contributed by atoms with van der Waals surface area (Å²) in [5.74, 6) is 0.515. The number of fused-ring (bicyclic) bond motifs is 1. The van der Waals surface area contributed by atoms with Crippen LogP contribution >= 0.6 is 0 Å². The molecule has 13 heavy (non-hydrogen) atoms. The van der Waals surface area contributed by atoms with E-state index in [1.807, 2.05) is 4.68 Å². The van der Waals surface area contributed by atoms with Gasteiger partial charge in [-0.1, -0.05) is 20.8 Å². The van der Waals surface area contributed by atoms with E-state index in [9.17, 15) is 0 Å². The standard InChI is InChI=1S/C9H15N3O/c1-9(2,3)7-4-12-8(13-5-7)10-6-11-12/h6-7H,4-5H2,1-3H3. The smallest absolute Gasteiger partial charge is 0.314 e. The minimum absolute atomic E-state index is 0.267. The van der Waals surface area contributed by atoms with E-state index in [1.54, 1.807) is 6.33 Å². The predicted molar refractivity (Wildman–Crippen MR) is 48.5 cm³/mol. The number of hydrogen-bond acceptors (Lipinski definition) is 3. The van der Waals surface area contributed by atoms with Crippen LogP contribution < -0.4 is 4.74 Å². The lowest BCUT2D eigenvalue weighted by atomic mass is 9.81. The molecule has 0 N–H and O–H groups in total. The van der Waals surface area contributed by atoms with E-state index < -0.39 is 0 Å². The van der Waals surface area contributed by atoms with Crippen LogP contribution in [0.4, 0.5) is 0 Å². The van der Waals surface area contributed by atoms with E-state index in [4.69, 9.17) is 4.74 Å². The zero-order valence-corrected chi connectivity index (χ0v) is 8.32. The lowest BCUT2D eigenvalue weighted by Gasteiger charge is -2.33. The second-order valence-electron chi connectivity index (χ2n) is 4.60. The zero-order chi connectivity index (χ0) is 9.47. The van der Waals surface area contributed by atoms with Crippen molar-refractivity contribution >= 4 is 0 Å². The predicted octanol–water partition coefficient (Wildman–Crippen LogP) is 1.33. The fraction of sp³-hybridized carbons (Fsp3) is 0.778. The normalized spacial score (nSPS) is 22.2. The molecule has 4 nitrogen and oxygen atoms in total. The maximum atomic E-state index is 5.49. The summed E-state index contributed by atoms with van der Waals surface area (Å²) in [6.07, 6.45) is 1.54. The highest BCUT2D eigenvalue weighted by Gasteiger charge is 2.30. The van der Waals surface area contributed by atoms with Crippen LogP contribution in [0.2, 0.25) is 0 Å². The number of rotatable bonds is 0. The molecule has 4 heteroatoms. The molecule has 1 aromatic heterocycles. The summed E-state index contributed by atoms with van der Waals surface area (Å²) in [6, 6.07) is 0.653. The maximum absolute atomic E-state index is 5.49. The topological polar surface area (TPSA) is 39.9 Å². The Hall–Kier alpha value is -1.06. The molecule has 0 amide bonds. The molecule has 0 aliphatic carbocycles. The van der Waals surface area contributed by atoms with Gasteiger partial charge in [-0.2, -0.15) is 10.1 Å². The molecule has 0 saturated carbocycles. The van der Waals surface area contributed by atoms with Crippen LogP contribution in [-0.2, 0) is 6.54 Å². The van der Waals surface area contributed by atoms with E-state index >= 15 is 0 Å². The summed E-state index contributed by atoms with van der Waals surface area (Å²) in [5.41, 5.74) is 0.267. The Morgan fingerprint density at radius 2 is 2.31 bits per heavy atom. The van der Waals surface area contributed by atoms with Crippen molar-refractivity contribution in [1.29, 1.82) is 0 Å². The van der Waals surface area contributed by atoms with Gasteiger partial charge in [-0.3, -0.25) is 0 Å². The number of aromatic nitrogens is 3. The van der Waals surface area contributed by atoms with Crippen molar-refractivity contribution in [3.63, 3.8) is 0 Å². The van der Waals surface area contributed by atoms with Crippen LogP contribution in [0.3, 0.4) is 0 Å². The first-order valence-corrected chi connectivity index (χ1v) is 4.58. The van der Waals surface area contributed by atoms with Crippen LogP contribution in [0.25, 0.3) is 0 Å². The molecule has 1 aliphatic rings. The van der Waals surface area contributed by atoms with Crippen molar-refractivity contribution in [2.75, 3.05) is 6.61 Å². The molecule has 2 rings (SSSR count). The first kappa shape index (κ1) is 8.53. The summed E-state index contributed by atoms with van der Waals surface area (Å²) in [7, 11) is 0. The monoisotopic (exact) mass is 181 g/mol. The Labute approximate surface area is 77.9 Å². The van der Waals surface area contributed by atoms with Crippen molar-refractivity contribution in [1.82, 2.24) is 14.8 Å². The van der Waals surface area contributed by atoms with Crippen molar-refractivity contribution in [2.24, 2.45) is 11.3 Å². The van der Waals surface area contributed by atoms with Gasteiger partial charge in [-0.15, -0.1) is 0 Å². The van der Waals surface area contributed by atoms with Gasteiger partial charge in [0, 0.05) is 5.92 Å². The molecule has 0 bridgehead atoms. The average molecular weight is 181 g/mol. The van der Waals surface area contributed by atoms with Crippen LogP contribution in [0.1, 0.15) is 20.8 Å². The lowest BCUT2D eigenvalue weighted by Crippen LogP contribution is -2.35. The fourth-order valence-electron chi connectivity index (χ4n) is 1.45. The van der Waals surface area contributed by atoms with Crippen LogP contribution in [-0.4, -0.2) is 21.4 Å². The third-order valence-corrected chi connectivity index (χ3v) is 2.61. The minimum Gasteiger partial charge on any atom is -0.463 e. The highest BCUT2D eigenvalue weighted by atomic mass is 16.5. The molecular weight excluding hydrogens is 166 g/mol. The Balaban J connectivity index is 2.18. The van der Waals surface area contributed by atoms with Gasteiger partial charge < -0.3 is 4.74 Å². The first-order chi connectivity index (χ1) is 6.07. The second-order valence-corrected chi connectivity index (χ2v) is 4.60. The van der Waals surface area contributed by atoms with Gasteiger partial charge in [0.1, 0.15) is 6.33 Å². The molecule has 0 saturated heterocycles. The van der Waals surface area contributed by atoms with Gasteiger partial charge >= 0.3 is 6.01 Å². The Kier molecular flexibility index (Phi) is 1.78. The van der Waals surface area contributed by atoms with Gasteiger partial charge in [0.05, 0.1) is 13.2 Å². The van der Waals surface area contributed by atoms with Gasteiger partial charge in [-0.05, 0) is 5.41 Å². The molecule has 1 aliphatic heterocycles. The maximum Gasteiger partial charge on any atom is 0.314 e. The SMILES string of the molecule is CC(C)(C)C1COc2ncnn2C1. The summed E-state index contributed by atoms with van der Waals surface area (Å²) in [6.45, 7) is 8.34. The Morgan fingerprint density at radius 1 is 1.54 bits per heavy atom. The average Bonchev–Trinajstić information content (AvgIpc) is 2.47. The van der Waals surface area contributed by atoms with Crippen molar-refractivity contribution in [3.8, 4) is 6.01 Å². The van der Waals surface area contributed by atoms with E-state index in [1.165, 1.54) is 0 Å². The van der Waals surface area contributed by atoms with Crippen molar-refractivity contribution in [3.05, 3.63) is 6.33 Å². The molecular formula is C9H15N3O. The third-order valence-electron chi connectivity index (χ3n) is 2.61. The molecule has 72 valence electrons. The van der Waals surface area contributed by atoms with E-state index in [0.717, 1.165) is 13.2 Å². The molecule has 1 aromatic rings. The molecule has 2 heterocycles. The number of hydrogen-bond donors (Lipinski definition) is 0. The molecule has 0 spiro atoms. The van der Waals surface area contributed by atoms with Gasteiger partial charge in [0.25, 0.3) is 0 Å². The second kappa shape index (κ2) is 2.72. The summed E-state index contributed by atoms with van der Waals surface area (Å²) in [5, 5.41) is 4.10. The quantitative estimate of drug-likeness (QED) is 0.606. The van der Waals surface area contributed by atoms with E-state index in [2.05, 4.69) is 30.9 Å². The number of nitrogens with zero attached hydrogens (tertiary/aromatic N) is 3. The lowest BCUT2D eigenvalue weighted by molar-refractivity contribution is 0.0800. The van der Waals surface area contributed by atoms with Crippen LogP contribution in [0.15, 0.2) is 6.33 Å². The molecule has 1 unspecified atom stereocenters. The first-order valence-electron chi connectivity index (χ1n) is 4.58. The minimum atomic E-state index is 0.267. The summed E-state index contributed by atoms with van der Waals surface area (Å²) >= 11 is 0. The van der Waals surface area contributed by atoms with E-state index in [0.29, 0.717) is 11.9 Å². The van der Waals surface area contributed by atoms with E-state index in [-0.39, 0.29) is 5.41 Å². The zero-order valence-electron chi connectivity index (χ0n) is 8.32. The molecule has 0 fully saturated rings. The van der Waals surface area contributed by atoms with Gasteiger partial charge in [0.2, 0.25) is 0 Å². The Bertz CT molecular complexity index is 300. The largest absolute Gasteiger partial charge is 0.463 e. The summed E-state index contributed by atoms with van der Waals surface area (Å²) in [4.78, 5) is 4.00. The Morgan fingerprint density at radius 3 is 3.00 bits per heavy atom. The molecule has 0 radical (unpaired) electrons. The highest BCUT2D eigenvalue weighted by Crippen LogP contribution is 2.31. The van der Waals surface area contributed by atoms with Crippen LogP contribution in [0, 0.1) is 11.3 Å². The van der Waals surface area contributed by atoms with Gasteiger partial charge in [0.15, 0.2) is 0 Å². The number of ether oxygens (including phenoxy) is 1. The van der Waals surface area contributed by atoms with Crippen molar-refractivity contribution < 1.29 is 4.74 Å². The van der Waals surface area contributed by atoms with Crippen molar-refractivity contribution in [2.45, 2.75) is 27.3 Å². The molecule has 0 aromatic carbocycles.